The van der Waals surface area contributed by atoms with Gasteiger partial charge in [0.2, 0.25) is 0 Å². The summed E-state index contributed by atoms with van der Waals surface area (Å²) in [5.41, 5.74) is 2.29. The Balaban J connectivity index is 1.58. The highest BCUT2D eigenvalue weighted by molar-refractivity contribution is 7.99. The predicted molar refractivity (Wildman–Crippen MR) is 92.1 cm³/mol. The molecule has 9 heteroatoms. The largest absolute Gasteiger partial charge is 0.446 e. The third-order valence-electron chi connectivity index (χ3n) is 4.06. The molecule has 0 radical (unpaired) electrons. The van der Waals surface area contributed by atoms with Crippen LogP contribution < -0.4 is 0 Å². The fourth-order valence-corrected chi connectivity index (χ4v) is 3.22. The summed E-state index contributed by atoms with van der Waals surface area (Å²) in [5, 5.41) is 13.7. The highest BCUT2D eigenvalue weighted by Gasteiger charge is 2.14. The lowest BCUT2D eigenvalue weighted by atomic mass is 10.2. The lowest BCUT2D eigenvalue weighted by molar-refractivity contribution is 0.480. The van der Waals surface area contributed by atoms with Crippen molar-refractivity contribution in [2.75, 3.05) is 0 Å². The Morgan fingerprint density at radius 1 is 1.24 bits per heavy atom. The Hall–Kier alpha value is -2.81. The van der Waals surface area contributed by atoms with Gasteiger partial charge in [0.15, 0.2) is 21.8 Å². The van der Waals surface area contributed by atoms with Gasteiger partial charge in [-0.1, -0.05) is 0 Å². The molecule has 4 heterocycles. The molecule has 0 amide bonds. The van der Waals surface area contributed by atoms with Crippen LogP contribution in [0.3, 0.4) is 0 Å². The molecule has 0 fully saturated rings. The molecule has 0 aliphatic heterocycles. The van der Waals surface area contributed by atoms with Crippen molar-refractivity contribution < 1.29 is 4.42 Å². The minimum Gasteiger partial charge on any atom is -0.446 e. The van der Waals surface area contributed by atoms with E-state index in [9.17, 15) is 0 Å². The summed E-state index contributed by atoms with van der Waals surface area (Å²) in [5.74, 6) is 1.50. The standard InChI is InChI=1S/C16H17N7OS/c1-11-12(8-19-22(11)3)9-23-7-6-17-15(23)13-4-5-14(24-13)25-16-20-18-10-21(16)2/h4-8,10H,9H2,1-3H3. The van der Waals surface area contributed by atoms with Gasteiger partial charge in [0.05, 0.1) is 12.7 Å². The van der Waals surface area contributed by atoms with Crippen molar-refractivity contribution in [3.8, 4) is 11.6 Å². The van der Waals surface area contributed by atoms with Gasteiger partial charge in [0.25, 0.3) is 0 Å². The van der Waals surface area contributed by atoms with E-state index in [0.717, 1.165) is 33.1 Å². The SMILES string of the molecule is Cc1c(Cn2ccnc2-c2ccc(Sc3nncn3C)o2)cnn1C. The van der Waals surface area contributed by atoms with Crippen molar-refractivity contribution in [1.29, 1.82) is 0 Å². The van der Waals surface area contributed by atoms with Crippen LogP contribution in [-0.2, 0) is 20.6 Å². The lowest BCUT2D eigenvalue weighted by Crippen LogP contribution is -2.02. The molecule has 128 valence electrons. The van der Waals surface area contributed by atoms with Gasteiger partial charge in [0.1, 0.15) is 6.33 Å². The van der Waals surface area contributed by atoms with Crippen molar-refractivity contribution in [2.24, 2.45) is 14.1 Å². The van der Waals surface area contributed by atoms with Crippen LogP contribution in [0.5, 0.6) is 0 Å². The average molecular weight is 355 g/mol. The van der Waals surface area contributed by atoms with Crippen LogP contribution in [0.1, 0.15) is 11.3 Å². The summed E-state index contributed by atoms with van der Waals surface area (Å²) in [6.45, 7) is 2.75. The van der Waals surface area contributed by atoms with Gasteiger partial charge in [0, 0.05) is 37.7 Å². The molecule has 4 rings (SSSR count). The first-order valence-corrected chi connectivity index (χ1v) is 8.54. The smallest absolute Gasteiger partial charge is 0.198 e. The molecule has 25 heavy (non-hydrogen) atoms. The Bertz CT molecular complexity index is 1010. The maximum atomic E-state index is 5.95. The van der Waals surface area contributed by atoms with E-state index >= 15 is 0 Å². The summed E-state index contributed by atoms with van der Waals surface area (Å²) in [6.07, 6.45) is 7.27. The fourth-order valence-electron chi connectivity index (χ4n) is 2.49. The quantitative estimate of drug-likeness (QED) is 0.547. The zero-order valence-corrected chi connectivity index (χ0v) is 14.9. The molecule has 0 saturated heterocycles. The van der Waals surface area contributed by atoms with E-state index in [1.54, 1.807) is 12.5 Å². The Kier molecular flexibility index (Phi) is 3.92. The molecule has 0 aromatic carbocycles. The van der Waals surface area contributed by atoms with Gasteiger partial charge in [-0.2, -0.15) is 5.10 Å². The maximum Gasteiger partial charge on any atom is 0.198 e. The number of aromatic nitrogens is 7. The number of rotatable bonds is 5. The molecular formula is C16H17N7OS. The summed E-state index contributed by atoms with van der Waals surface area (Å²) in [7, 11) is 3.84. The van der Waals surface area contributed by atoms with E-state index in [1.165, 1.54) is 11.8 Å². The van der Waals surface area contributed by atoms with Gasteiger partial charge in [-0.05, 0) is 30.8 Å². The van der Waals surface area contributed by atoms with E-state index in [2.05, 4.69) is 31.8 Å². The second kappa shape index (κ2) is 6.25. The molecule has 0 aliphatic carbocycles. The summed E-state index contributed by atoms with van der Waals surface area (Å²) in [6, 6.07) is 3.84. The van der Waals surface area contributed by atoms with E-state index < -0.39 is 0 Å². The zero-order chi connectivity index (χ0) is 17.4. The average Bonchev–Trinajstić information content (AvgIpc) is 3.36. The molecule has 0 spiro atoms. The molecule has 0 N–H and O–H groups in total. The predicted octanol–water partition coefficient (Wildman–Crippen LogP) is 2.51. The van der Waals surface area contributed by atoms with Crippen molar-refractivity contribution in [2.45, 2.75) is 23.7 Å². The summed E-state index contributed by atoms with van der Waals surface area (Å²) in [4.78, 5) is 4.45. The van der Waals surface area contributed by atoms with Crippen molar-refractivity contribution >= 4 is 11.8 Å². The molecular weight excluding hydrogens is 338 g/mol. The second-order valence-corrected chi connectivity index (χ2v) is 6.67. The zero-order valence-electron chi connectivity index (χ0n) is 14.1. The minimum atomic E-state index is 0.696. The van der Waals surface area contributed by atoms with E-state index in [-0.39, 0.29) is 0 Å². The van der Waals surface area contributed by atoms with Crippen LogP contribution in [0.2, 0.25) is 0 Å². The van der Waals surface area contributed by atoms with Gasteiger partial charge in [-0.3, -0.25) is 4.68 Å². The monoisotopic (exact) mass is 355 g/mol. The molecule has 4 aromatic heterocycles. The number of aryl methyl sites for hydroxylation is 2. The first-order chi connectivity index (χ1) is 12.1. The topological polar surface area (TPSA) is 79.5 Å². The highest BCUT2D eigenvalue weighted by Crippen LogP contribution is 2.31. The van der Waals surface area contributed by atoms with Crippen LogP contribution in [0.4, 0.5) is 0 Å². The first-order valence-electron chi connectivity index (χ1n) is 7.72. The van der Waals surface area contributed by atoms with E-state index in [0.29, 0.717) is 6.54 Å². The Morgan fingerprint density at radius 2 is 2.12 bits per heavy atom. The van der Waals surface area contributed by atoms with Crippen molar-refractivity contribution in [1.82, 2.24) is 34.1 Å². The lowest BCUT2D eigenvalue weighted by Gasteiger charge is -2.06. The Morgan fingerprint density at radius 3 is 2.84 bits per heavy atom. The maximum absolute atomic E-state index is 5.95. The number of hydrogen-bond acceptors (Lipinski definition) is 6. The first kappa shape index (κ1) is 15.7. The number of hydrogen-bond donors (Lipinski definition) is 0. The van der Waals surface area contributed by atoms with Crippen molar-refractivity contribution in [3.63, 3.8) is 0 Å². The van der Waals surface area contributed by atoms with E-state index in [1.807, 2.05) is 47.9 Å². The van der Waals surface area contributed by atoms with Crippen LogP contribution in [0, 0.1) is 6.92 Å². The number of nitrogens with zero attached hydrogens (tertiary/aromatic N) is 7. The normalized spacial score (nSPS) is 11.3. The second-order valence-electron chi connectivity index (χ2n) is 5.70. The van der Waals surface area contributed by atoms with Gasteiger partial charge >= 0.3 is 0 Å². The number of furan rings is 1. The summed E-state index contributed by atoms with van der Waals surface area (Å²) >= 11 is 1.43. The molecule has 4 aromatic rings. The Labute approximate surface area is 148 Å². The minimum absolute atomic E-state index is 0.696. The third kappa shape index (κ3) is 2.98. The van der Waals surface area contributed by atoms with Crippen LogP contribution >= 0.6 is 11.8 Å². The molecule has 0 aliphatic rings. The van der Waals surface area contributed by atoms with E-state index in [4.69, 9.17) is 4.42 Å². The van der Waals surface area contributed by atoms with Crippen LogP contribution in [0.25, 0.3) is 11.6 Å². The molecule has 0 bridgehead atoms. The third-order valence-corrected chi connectivity index (χ3v) is 5.03. The van der Waals surface area contributed by atoms with Crippen LogP contribution in [-0.4, -0.2) is 34.1 Å². The fraction of sp³-hybridized carbons (Fsp3) is 0.250. The molecule has 0 saturated carbocycles. The van der Waals surface area contributed by atoms with Gasteiger partial charge in [-0.15, -0.1) is 10.2 Å². The summed E-state index contributed by atoms with van der Waals surface area (Å²) < 4.78 is 11.7. The van der Waals surface area contributed by atoms with Gasteiger partial charge in [-0.25, -0.2) is 4.98 Å². The van der Waals surface area contributed by atoms with Crippen LogP contribution in [0.15, 0.2) is 51.7 Å². The molecule has 0 unspecified atom stereocenters. The van der Waals surface area contributed by atoms with Crippen molar-refractivity contribution in [3.05, 3.63) is 48.3 Å². The molecule has 8 nitrogen and oxygen atoms in total. The number of imidazole rings is 1. The highest BCUT2D eigenvalue weighted by atomic mass is 32.2. The molecule has 0 atom stereocenters. The van der Waals surface area contributed by atoms with Gasteiger partial charge < -0.3 is 13.6 Å².